The van der Waals surface area contributed by atoms with Crippen LogP contribution in [0.15, 0.2) is 30.6 Å². The molecule has 3 rings (SSSR count). The third-order valence-corrected chi connectivity index (χ3v) is 2.98. The molecule has 1 unspecified atom stereocenters. The molecule has 0 spiro atoms. The molecule has 82 valence electrons. The van der Waals surface area contributed by atoms with Crippen molar-refractivity contribution in [1.29, 1.82) is 0 Å². The Morgan fingerprint density at radius 3 is 2.94 bits per heavy atom. The van der Waals surface area contributed by atoms with E-state index in [1.54, 1.807) is 6.33 Å². The molecule has 1 fully saturated rings. The Morgan fingerprint density at radius 2 is 2.12 bits per heavy atom. The number of aliphatic hydroxyl groups is 1. The summed E-state index contributed by atoms with van der Waals surface area (Å²) in [6.07, 6.45) is 2.18. The molecule has 0 amide bonds. The highest BCUT2D eigenvalue weighted by Gasteiger charge is 2.22. The van der Waals surface area contributed by atoms with Crippen molar-refractivity contribution in [3.63, 3.8) is 0 Å². The summed E-state index contributed by atoms with van der Waals surface area (Å²) >= 11 is 0. The molecule has 1 aliphatic heterocycles. The van der Waals surface area contributed by atoms with Crippen LogP contribution in [0.25, 0.3) is 10.9 Å². The van der Waals surface area contributed by atoms with Gasteiger partial charge in [-0.15, -0.1) is 0 Å². The van der Waals surface area contributed by atoms with Gasteiger partial charge in [0.1, 0.15) is 12.1 Å². The van der Waals surface area contributed by atoms with Crippen molar-refractivity contribution in [2.45, 2.75) is 12.5 Å². The van der Waals surface area contributed by atoms with Gasteiger partial charge in [0.05, 0.1) is 11.6 Å². The lowest BCUT2D eigenvalue weighted by Crippen LogP contribution is -2.22. The molecule has 1 aliphatic rings. The minimum absolute atomic E-state index is 0.228. The molecule has 1 atom stereocenters. The Balaban J connectivity index is 2.09. The highest BCUT2D eigenvalue weighted by molar-refractivity contribution is 5.89. The van der Waals surface area contributed by atoms with Crippen LogP contribution in [-0.2, 0) is 0 Å². The highest BCUT2D eigenvalue weighted by Crippen LogP contribution is 2.25. The van der Waals surface area contributed by atoms with E-state index in [-0.39, 0.29) is 6.10 Å². The molecule has 4 nitrogen and oxygen atoms in total. The summed E-state index contributed by atoms with van der Waals surface area (Å²) in [7, 11) is 0. The second-order valence-corrected chi connectivity index (χ2v) is 4.10. The Kier molecular flexibility index (Phi) is 2.22. The van der Waals surface area contributed by atoms with Gasteiger partial charge in [-0.1, -0.05) is 12.1 Å². The van der Waals surface area contributed by atoms with Gasteiger partial charge in [-0.05, 0) is 18.6 Å². The van der Waals surface area contributed by atoms with Gasteiger partial charge in [0.15, 0.2) is 0 Å². The molecule has 0 saturated carbocycles. The molecule has 1 N–H and O–H groups in total. The van der Waals surface area contributed by atoms with Crippen molar-refractivity contribution < 1.29 is 5.11 Å². The maximum absolute atomic E-state index is 9.55. The molecular formula is C12H13N3O. The highest BCUT2D eigenvalue weighted by atomic mass is 16.3. The van der Waals surface area contributed by atoms with Crippen LogP contribution in [0.5, 0.6) is 0 Å². The molecule has 4 heteroatoms. The Hall–Kier alpha value is -1.68. The Bertz CT molecular complexity index is 509. The van der Waals surface area contributed by atoms with Crippen molar-refractivity contribution >= 4 is 16.7 Å². The second kappa shape index (κ2) is 3.72. The molecule has 0 aliphatic carbocycles. The van der Waals surface area contributed by atoms with E-state index in [9.17, 15) is 5.11 Å². The lowest BCUT2D eigenvalue weighted by Gasteiger charge is -2.17. The van der Waals surface area contributed by atoms with Crippen LogP contribution in [-0.4, -0.2) is 34.3 Å². The molecule has 2 heterocycles. The normalized spacial score (nSPS) is 20.6. The van der Waals surface area contributed by atoms with E-state index in [0.29, 0.717) is 6.54 Å². The average Bonchev–Trinajstić information content (AvgIpc) is 2.75. The van der Waals surface area contributed by atoms with Gasteiger partial charge in [0, 0.05) is 18.5 Å². The third-order valence-electron chi connectivity index (χ3n) is 2.98. The van der Waals surface area contributed by atoms with Crippen molar-refractivity contribution in [3.05, 3.63) is 30.6 Å². The molecule has 16 heavy (non-hydrogen) atoms. The maximum atomic E-state index is 9.55. The van der Waals surface area contributed by atoms with Gasteiger partial charge in [0.2, 0.25) is 0 Å². The molecule has 1 aromatic heterocycles. The zero-order valence-electron chi connectivity index (χ0n) is 8.87. The molecule has 0 radical (unpaired) electrons. The molecule has 0 bridgehead atoms. The number of nitrogens with zero attached hydrogens (tertiary/aromatic N) is 3. The fourth-order valence-electron chi connectivity index (χ4n) is 2.18. The number of benzene rings is 1. The summed E-state index contributed by atoms with van der Waals surface area (Å²) in [6, 6.07) is 7.96. The summed E-state index contributed by atoms with van der Waals surface area (Å²) in [4.78, 5) is 10.7. The molecule has 2 aromatic rings. The summed E-state index contributed by atoms with van der Waals surface area (Å²) < 4.78 is 0. The average molecular weight is 215 g/mol. The number of hydrogen-bond acceptors (Lipinski definition) is 4. The van der Waals surface area contributed by atoms with Gasteiger partial charge in [-0.2, -0.15) is 0 Å². The number of rotatable bonds is 1. The van der Waals surface area contributed by atoms with E-state index in [2.05, 4.69) is 14.9 Å². The van der Waals surface area contributed by atoms with E-state index in [0.717, 1.165) is 29.7 Å². The zero-order chi connectivity index (χ0) is 11.0. The van der Waals surface area contributed by atoms with E-state index < -0.39 is 0 Å². The Labute approximate surface area is 93.6 Å². The van der Waals surface area contributed by atoms with Crippen LogP contribution >= 0.6 is 0 Å². The predicted molar refractivity (Wildman–Crippen MR) is 62.4 cm³/mol. The van der Waals surface area contributed by atoms with Crippen LogP contribution in [0.2, 0.25) is 0 Å². The first-order valence-electron chi connectivity index (χ1n) is 5.47. The Morgan fingerprint density at radius 1 is 1.25 bits per heavy atom. The SMILES string of the molecule is OC1CCN(c2ncnc3ccccc23)C1. The summed E-state index contributed by atoms with van der Waals surface area (Å²) in [5, 5.41) is 10.6. The van der Waals surface area contributed by atoms with Crippen molar-refractivity contribution in [2.24, 2.45) is 0 Å². The number of hydrogen-bond donors (Lipinski definition) is 1. The second-order valence-electron chi connectivity index (χ2n) is 4.10. The topological polar surface area (TPSA) is 49.2 Å². The number of aliphatic hydroxyl groups excluding tert-OH is 1. The first-order chi connectivity index (χ1) is 7.84. The third kappa shape index (κ3) is 1.51. The van der Waals surface area contributed by atoms with Crippen LogP contribution in [0.3, 0.4) is 0 Å². The number of aromatic nitrogens is 2. The number of β-amino-alcohol motifs (C(OH)–C–C–N with tert-alkyl or cyclic N) is 1. The largest absolute Gasteiger partial charge is 0.391 e. The molecular weight excluding hydrogens is 202 g/mol. The van der Waals surface area contributed by atoms with Gasteiger partial charge < -0.3 is 10.0 Å². The smallest absolute Gasteiger partial charge is 0.139 e. The monoisotopic (exact) mass is 215 g/mol. The van der Waals surface area contributed by atoms with Crippen LogP contribution in [0, 0.1) is 0 Å². The van der Waals surface area contributed by atoms with Gasteiger partial charge in [-0.25, -0.2) is 9.97 Å². The minimum Gasteiger partial charge on any atom is -0.391 e. The van der Waals surface area contributed by atoms with E-state index in [1.165, 1.54) is 0 Å². The molecule has 1 saturated heterocycles. The van der Waals surface area contributed by atoms with Crippen molar-refractivity contribution in [1.82, 2.24) is 9.97 Å². The summed E-state index contributed by atoms with van der Waals surface area (Å²) in [5.74, 6) is 0.933. The summed E-state index contributed by atoms with van der Waals surface area (Å²) in [6.45, 7) is 1.53. The fraction of sp³-hybridized carbons (Fsp3) is 0.333. The first-order valence-corrected chi connectivity index (χ1v) is 5.47. The van der Waals surface area contributed by atoms with Crippen LogP contribution < -0.4 is 4.90 Å². The number of para-hydroxylation sites is 1. The standard InChI is InChI=1S/C12H13N3O/c16-9-5-6-15(7-9)12-10-3-1-2-4-11(10)13-8-14-12/h1-4,8-9,16H,5-7H2. The predicted octanol–water partition coefficient (Wildman–Crippen LogP) is 1.20. The van der Waals surface area contributed by atoms with E-state index >= 15 is 0 Å². The number of fused-ring (bicyclic) bond motifs is 1. The van der Waals surface area contributed by atoms with E-state index in [1.807, 2.05) is 24.3 Å². The lowest BCUT2D eigenvalue weighted by molar-refractivity contribution is 0.198. The van der Waals surface area contributed by atoms with Crippen molar-refractivity contribution in [3.8, 4) is 0 Å². The fourth-order valence-corrected chi connectivity index (χ4v) is 2.18. The zero-order valence-corrected chi connectivity index (χ0v) is 8.87. The van der Waals surface area contributed by atoms with E-state index in [4.69, 9.17) is 0 Å². The van der Waals surface area contributed by atoms with Crippen molar-refractivity contribution in [2.75, 3.05) is 18.0 Å². The van der Waals surface area contributed by atoms with Crippen LogP contribution in [0.4, 0.5) is 5.82 Å². The first kappa shape index (κ1) is 9.54. The maximum Gasteiger partial charge on any atom is 0.139 e. The van der Waals surface area contributed by atoms with Crippen LogP contribution in [0.1, 0.15) is 6.42 Å². The lowest BCUT2D eigenvalue weighted by atomic mass is 10.2. The van der Waals surface area contributed by atoms with Gasteiger partial charge in [0.25, 0.3) is 0 Å². The quantitative estimate of drug-likeness (QED) is 0.776. The molecule has 1 aromatic carbocycles. The van der Waals surface area contributed by atoms with Gasteiger partial charge >= 0.3 is 0 Å². The minimum atomic E-state index is -0.228. The number of anilines is 1. The summed E-state index contributed by atoms with van der Waals surface area (Å²) in [5.41, 5.74) is 0.953. The van der Waals surface area contributed by atoms with Gasteiger partial charge in [-0.3, -0.25) is 0 Å².